The minimum Gasteiger partial charge on any atom is -0.390 e. The van der Waals surface area contributed by atoms with Crippen LogP contribution in [0.1, 0.15) is 54.9 Å². The molecule has 1 saturated carbocycles. The molecule has 0 unspecified atom stereocenters. The maximum absolute atomic E-state index is 13.3. The summed E-state index contributed by atoms with van der Waals surface area (Å²) in [6.45, 7) is 1.98. The van der Waals surface area contributed by atoms with Crippen LogP contribution in [0.25, 0.3) is 0 Å². The number of amides is 2. The Morgan fingerprint density at radius 2 is 1.54 bits per heavy atom. The molecule has 3 aromatic rings. The molecule has 0 saturated heterocycles. The molecule has 0 heterocycles. The molecule has 206 valence electrons. The third-order valence-electron chi connectivity index (χ3n) is 7.24. The van der Waals surface area contributed by atoms with E-state index in [1.54, 1.807) is 19.1 Å². The number of aliphatic hydroxyl groups is 1. The van der Waals surface area contributed by atoms with Gasteiger partial charge in [0, 0.05) is 29.5 Å². The van der Waals surface area contributed by atoms with E-state index in [4.69, 9.17) is 0 Å². The number of rotatable bonds is 12. The van der Waals surface area contributed by atoms with Crippen LogP contribution in [0.5, 0.6) is 0 Å². The Morgan fingerprint density at radius 3 is 2.26 bits per heavy atom. The second-order valence-electron chi connectivity index (χ2n) is 10.4. The number of carbonyl (C=O) groups excluding carboxylic acids is 2. The number of benzene rings is 3. The third-order valence-corrected chi connectivity index (χ3v) is 7.24. The maximum atomic E-state index is 13.3. The van der Waals surface area contributed by atoms with Gasteiger partial charge in [0.25, 0.3) is 5.91 Å². The van der Waals surface area contributed by atoms with E-state index in [-0.39, 0.29) is 24.4 Å². The molecule has 1 aliphatic carbocycles. The summed E-state index contributed by atoms with van der Waals surface area (Å²) < 4.78 is 0. The van der Waals surface area contributed by atoms with E-state index in [1.165, 1.54) is 6.42 Å². The zero-order chi connectivity index (χ0) is 27.5. The molecule has 0 spiro atoms. The van der Waals surface area contributed by atoms with E-state index in [9.17, 15) is 14.7 Å². The van der Waals surface area contributed by atoms with Crippen molar-refractivity contribution in [1.82, 2.24) is 16.0 Å². The summed E-state index contributed by atoms with van der Waals surface area (Å²) in [6, 6.07) is 26.1. The molecule has 3 atom stereocenters. The van der Waals surface area contributed by atoms with Gasteiger partial charge < -0.3 is 26.4 Å². The SMILES string of the molecule is C[C@H](NC[C@@H](O)[C@H](Cc1ccccc1)NC(=O)c1cccc(Nc2ccccc2)c1)C(=O)NC1CCCCC1. The summed E-state index contributed by atoms with van der Waals surface area (Å²) in [5, 5.41) is 23.8. The Bertz CT molecular complexity index is 1180. The molecule has 7 nitrogen and oxygen atoms in total. The highest BCUT2D eigenvalue weighted by Crippen LogP contribution is 2.19. The van der Waals surface area contributed by atoms with Crippen LogP contribution in [0.4, 0.5) is 11.4 Å². The topological polar surface area (TPSA) is 102 Å². The van der Waals surface area contributed by atoms with Crippen molar-refractivity contribution in [1.29, 1.82) is 0 Å². The number of hydrogen-bond donors (Lipinski definition) is 5. The zero-order valence-electron chi connectivity index (χ0n) is 22.6. The van der Waals surface area contributed by atoms with Crippen molar-refractivity contribution in [2.24, 2.45) is 0 Å². The summed E-state index contributed by atoms with van der Waals surface area (Å²) >= 11 is 0. The lowest BCUT2D eigenvalue weighted by Crippen LogP contribution is -2.53. The highest BCUT2D eigenvalue weighted by atomic mass is 16.3. The zero-order valence-corrected chi connectivity index (χ0v) is 22.6. The number of anilines is 2. The average Bonchev–Trinajstić information content (AvgIpc) is 2.97. The van der Waals surface area contributed by atoms with Gasteiger partial charge in [-0.15, -0.1) is 0 Å². The van der Waals surface area contributed by atoms with Gasteiger partial charge in [-0.25, -0.2) is 0 Å². The first-order valence-corrected chi connectivity index (χ1v) is 14.0. The smallest absolute Gasteiger partial charge is 0.251 e. The summed E-state index contributed by atoms with van der Waals surface area (Å²) in [5.74, 6) is -0.324. The van der Waals surface area contributed by atoms with Crippen molar-refractivity contribution >= 4 is 23.2 Å². The molecule has 1 aliphatic rings. The first kappa shape index (κ1) is 28.3. The van der Waals surface area contributed by atoms with E-state index in [1.807, 2.05) is 72.8 Å². The normalized spacial score (nSPS) is 16.1. The van der Waals surface area contributed by atoms with E-state index in [2.05, 4.69) is 21.3 Å². The quantitative estimate of drug-likeness (QED) is 0.237. The van der Waals surface area contributed by atoms with Crippen LogP contribution in [0.15, 0.2) is 84.9 Å². The van der Waals surface area contributed by atoms with Crippen LogP contribution in [0.3, 0.4) is 0 Å². The lowest BCUT2D eigenvalue weighted by molar-refractivity contribution is -0.123. The van der Waals surface area contributed by atoms with Crippen LogP contribution < -0.4 is 21.3 Å². The summed E-state index contributed by atoms with van der Waals surface area (Å²) in [6.07, 6.45) is 5.14. The van der Waals surface area contributed by atoms with Crippen LogP contribution in [0.2, 0.25) is 0 Å². The van der Waals surface area contributed by atoms with Crippen molar-refractivity contribution in [3.8, 4) is 0 Å². The average molecular weight is 529 g/mol. The van der Waals surface area contributed by atoms with Gasteiger partial charge >= 0.3 is 0 Å². The minimum absolute atomic E-state index is 0.0551. The molecular weight excluding hydrogens is 488 g/mol. The fourth-order valence-electron chi connectivity index (χ4n) is 4.93. The van der Waals surface area contributed by atoms with Crippen molar-refractivity contribution in [3.05, 3.63) is 96.1 Å². The Kier molecular flexibility index (Phi) is 10.5. The van der Waals surface area contributed by atoms with Crippen LogP contribution in [0, 0.1) is 0 Å². The molecular formula is C32H40N4O3. The summed E-state index contributed by atoms with van der Waals surface area (Å²) in [7, 11) is 0. The van der Waals surface area contributed by atoms with Crippen molar-refractivity contribution in [2.45, 2.75) is 69.7 Å². The molecule has 5 N–H and O–H groups in total. The highest BCUT2D eigenvalue weighted by molar-refractivity contribution is 5.95. The monoisotopic (exact) mass is 528 g/mol. The summed E-state index contributed by atoms with van der Waals surface area (Å²) in [5.41, 5.74) is 3.23. The van der Waals surface area contributed by atoms with Gasteiger partial charge in [0.1, 0.15) is 0 Å². The Morgan fingerprint density at radius 1 is 0.872 bits per heavy atom. The first-order chi connectivity index (χ1) is 19.0. The standard InChI is InChI=1S/C32H40N4O3/c1-23(31(38)35-27-17-9-4-10-18-27)33-22-30(37)29(20-24-12-5-2-6-13-24)36-32(39)25-14-11-19-28(21-25)34-26-15-7-3-8-16-26/h2-3,5-8,11-16,19,21,23,27,29-30,33-34,37H,4,9-10,17-18,20,22H2,1H3,(H,35,38)(H,36,39)/t23-,29-,30+/m0/s1. The molecule has 0 aliphatic heterocycles. The van der Waals surface area contributed by atoms with Gasteiger partial charge in [0.2, 0.25) is 5.91 Å². The maximum Gasteiger partial charge on any atom is 0.251 e. The van der Waals surface area contributed by atoms with E-state index < -0.39 is 18.2 Å². The number of hydrogen-bond acceptors (Lipinski definition) is 5. The molecule has 3 aromatic carbocycles. The van der Waals surface area contributed by atoms with Gasteiger partial charge in [0.15, 0.2) is 0 Å². The molecule has 4 rings (SSSR count). The van der Waals surface area contributed by atoms with Gasteiger partial charge in [-0.3, -0.25) is 9.59 Å². The largest absolute Gasteiger partial charge is 0.390 e. The fraction of sp³-hybridized carbons (Fsp3) is 0.375. The van der Waals surface area contributed by atoms with E-state index in [0.717, 1.165) is 42.6 Å². The van der Waals surface area contributed by atoms with Gasteiger partial charge in [-0.2, -0.15) is 0 Å². The number of nitrogens with one attached hydrogen (secondary N) is 4. The predicted molar refractivity (Wildman–Crippen MR) is 156 cm³/mol. The number of carbonyl (C=O) groups is 2. The van der Waals surface area contributed by atoms with Crippen LogP contribution in [-0.2, 0) is 11.2 Å². The number of para-hydroxylation sites is 1. The van der Waals surface area contributed by atoms with Crippen LogP contribution in [-0.4, -0.2) is 47.7 Å². The molecule has 0 bridgehead atoms. The van der Waals surface area contributed by atoms with Crippen LogP contribution >= 0.6 is 0 Å². The Balaban J connectivity index is 1.38. The van der Waals surface area contributed by atoms with Gasteiger partial charge in [0.05, 0.1) is 18.2 Å². The predicted octanol–water partition coefficient (Wildman–Crippen LogP) is 4.56. The highest BCUT2D eigenvalue weighted by Gasteiger charge is 2.25. The minimum atomic E-state index is -0.898. The second kappa shape index (κ2) is 14.5. The van der Waals surface area contributed by atoms with Crippen molar-refractivity contribution in [2.75, 3.05) is 11.9 Å². The third kappa shape index (κ3) is 8.94. The van der Waals surface area contributed by atoms with Crippen molar-refractivity contribution in [3.63, 3.8) is 0 Å². The summed E-state index contributed by atoms with van der Waals surface area (Å²) in [4.78, 5) is 26.0. The molecule has 2 amide bonds. The van der Waals surface area contributed by atoms with E-state index >= 15 is 0 Å². The van der Waals surface area contributed by atoms with E-state index in [0.29, 0.717) is 12.0 Å². The lowest BCUT2D eigenvalue weighted by atomic mass is 9.95. The Hall–Kier alpha value is -3.68. The first-order valence-electron chi connectivity index (χ1n) is 14.0. The van der Waals surface area contributed by atoms with Crippen molar-refractivity contribution < 1.29 is 14.7 Å². The molecule has 1 fully saturated rings. The van der Waals surface area contributed by atoms with Gasteiger partial charge in [-0.05, 0) is 62.1 Å². The lowest BCUT2D eigenvalue weighted by Gasteiger charge is -2.27. The molecule has 7 heteroatoms. The number of aliphatic hydroxyl groups excluding tert-OH is 1. The molecule has 39 heavy (non-hydrogen) atoms. The van der Waals surface area contributed by atoms with Gasteiger partial charge in [-0.1, -0.05) is 73.9 Å². The fourth-order valence-corrected chi connectivity index (χ4v) is 4.93. The molecule has 0 aromatic heterocycles. The Labute approximate surface area is 231 Å². The second-order valence-corrected chi connectivity index (χ2v) is 10.4. The molecule has 0 radical (unpaired) electrons.